The van der Waals surface area contributed by atoms with Crippen molar-refractivity contribution in [1.82, 2.24) is 0 Å². The van der Waals surface area contributed by atoms with E-state index >= 15 is 0 Å². The predicted molar refractivity (Wildman–Crippen MR) is 161 cm³/mol. The number of hydrogen-bond donors (Lipinski definition) is 0. The van der Waals surface area contributed by atoms with Gasteiger partial charge in [0.25, 0.3) is 0 Å². The number of ketones is 4. The molecule has 226 valence electrons. The SMILES string of the molecule is COc1cccc(C(=O)C(=O)c2cc(OC)c(OC)cc2-c2cc(OC)c(OC)cc2C(=O)C(=O)c2cccc(OC)c2)c1. The summed E-state index contributed by atoms with van der Waals surface area (Å²) in [6.45, 7) is 0. The van der Waals surface area contributed by atoms with E-state index in [2.05, 4.69) is 0 Å². The number of benzene rings is 4. The monoisotopic (exact) mass is 598 g/mol. The minimum absolute atomic E-state index is 0.0897. The van der Waals surface area contributed by atoms with E-state index in [1.165, 1.54) is 91.2 Å². The Balaban J connectivity index is 1.98. The topological polar surface area (TPSA) is 124 Å². The van der Waals surface area contributed by atoms with Gasteiger partial charge in [0.15, 0.2) is 23.0 Å². The normalized spacial score (nSPS) is 10.4. The molecule has 0 N–H and O–H groups in total. The van der Waals surface area contributed by atoms with Crippen LogP contribution in [0.1, 0.15) is 41.4 Å². The fraction of sp³-hybridized carbons (Fsp3) is 0.176. The van der Waals surface area contributed by atoms with Crippen molar-refractivity contribution in [3.05, 3.63) is 95.1 Å². The van der Waals surface area contributed by atoms with Crippen molar-refractivity contribution in [2.75, 3.05) is 42.7 Å². The van der Waals surface area contributed by atoms with Gasteiger partial charge >= 0.3 is 0 Å². The first-order valence-electron chi connectivity index (χ1n) is 13.2. The van der Waals surface area contributed by atoms with Gasteiger partial charge in [-0.3, -0.25) is 19.2 Å². The first kappa shape index (κ1) is 31.3. The van der Waals surface area contributed by atoms with E-state index in [0.29, 0.717) is 11.5 Å². The maximum atomic E-state index is 13.9. The molecule has 44 heavy (non-hydrogen) atoms. The van der Waals surface area contributed by atoms with Crippen molar-refractivity contribution in [3.63, 3.8) is 0 Å². The Kier molecular flexibility index (Phi) is 9.64. The number of Topliss-reactive ketones (excluding diaryl/α,β-unsaturated/α-hetero) is 4. The summed E-state index contributed by atoms with van der Waals surface area (Å²) in [6, 6.07) is 17.9. The summed E-state index contributed by atoms with van der Waals surface area (Å²) in [4.78, 5) is 54.7. The summed E-state index contributed by atoms with van der Waals surface area (Å²) in [6.07, 6.45) is 0. The minimum atomic E-state index is -0.901. The zero-order chi connectivity index (χ0) is 32.0. The van der Waals surface area contributed by atoms with E-state index < -0.39 is 23.1 Å². The molecule has 0 aliphatic rings. The van der Waals surface area contributed by atoms with Gasteiger partial charge < -0.3 is 28.4 Å². The van der Waals surface area contributed by atoms with Crippen molar-refractivity contribution >= 4 is 23.1 Å². The van der Waals surface area contributed by atoms with Crippen LogP contribution in [0.25, 0.3) is 11.1 Å². The molecule has 10 heteroatoms. The van der Waals surface area contributed by atoms with Crippen molar-refractivity contribution in [2.24, 2.45) is 0 Å². The highest BCUT2D eigenvalue weighted by Gasteiger charge is 2.30. The molecule has 10 nitrogen and oxygen atoms in total. The predicted octanol–water partition coefficient (Wildman–Crippen LogP) is 5.54. The van der Waals surface area contributed by atoms with Gasteiger partial charge in [-0.15, -0.1) is 0 Å². The van der Waals surface area contributed by atoms with Crippen molar-refractivity contribution in [3.8, 4) is 45.6 Å². The van der Waals surface area contributed by atoms with Gasteiger partial charge in [0, 0.05) is 22.3 Å². The molecule has 4 aromatic carbocycles. The fourth-order valence-electron chi connectivity index (χ4n) is 4.61. The summed E-state index contributed by atoms with van der Waals surface area (Å²) >= 11 is 0. The highest BCUT2D eigenvalue weighted by molar-refractivity contribution is 6.52. The molecule has 0 atom stereocenters. The lowest BCUT2D eigenvalue weighted by Crippen LogP contribution is -2.18. The summed E-state index contributed by atoms with van der Waals surface area (Å²) in [5, 5.41) is 0. The molecule has 4 aromatic rings. The second-order valence-corrected chi connectivity index (χ2v) is 9.29. The molecule has 0 unspecified atom stereocenters. The third-order valence-electron chi connectivity index (χ3n) is 6.90. The third kappa shape index (κ3) is 6.10. The molecule has 0 radical (unpaired) electrons. The second kappa shape index (κ2) is 13.6. The molecular weight excluding hydrogens is 568 g/mol. The van der Waals surface area contributed by atoms with Gasteiger partial charge in [-0.05, 0) is 59.7 Å². The quantitative estimate of drug-likeness (QED) is 0.143. The van der Waals surface area contributed by atoms with Gasteiger partial charge in [-0.1, -0.05) is 24.3 Å². The smallest absolute Gasteiger partial charge is 0.234 e. The van der Waals surface area contributed by atoms with E-state index in [9.17, 15) is 19.2 Å². The van der Waals surface area contributed by atoms with E-state index in [0.717, 1.165) is 0 Å². The van der Waals surface area contributed by atoms with E-state index in [1.807, 2.05) is 0 Å². The number of methoxy groups -OCH3 is 6. The van der Waals surface area contributed by atoms with Crippen LogP contribution >= 0.6 is 0 Å². The van der Waals surface area contributed by atoms with Gasteiger partial charge in [-0.25, -0.2) is 0 Å². The fourth-order valence-corrected chi connectivity index (χ4v) is 4.61. The maximum Gasteiger partial charge on any atom is 0.234 e. The summed E-state index contributed by atoms with van der Waals surface area (Å²) in [7, 11) is 8.46. The Morgan fingerprint density at radius 2 is 0.750 bits per heavy atom. The first-order chi connectivity index (χ1) is 21.2. The molecule has 0 saturated heterocycles. The van der Waals surface area contributed by atoms with Crippen LogP contribution in [0.2, 0.25) is 0 Å². The van der Waals surface area contributed by atoms with Crippen LogP contribution in [-0.4, -0.2) is 65.8 Å². The lowest BCUT2D eigenvalue weighted by atomic mass is 9.87. The van der Waals surface area contributed by atoms with Gasteiger partial charge in [0.1, 0.15) is 11.5 Å². The van der Waals surface area contributed by atoms with E-state index in [4.69, 9.17) is 28.4 Å². The summed E-state index contributed by atoms with van der Waals surface area (Å²) < 4.78 is 32.3. The molecule has 0 aromatic heterocycles. The molecule has 0 heterocycles. The number of ether oxygens (including phenoxy) is 6. The average Bonchev–Trinajstić information content (AvgIpc) is 3.08. The molecule has 0 amide bonds. The molecule has 4 rings (SSSR count). The summed E-state index contributed by atoms with van der Waals surface area (Å²) in [5.41, 5.74) is 0.202. The lowest BCUT2D eigenvalue weighted by Gasteiger charge is -2.18. The Hall–Kier alpha value is -5.64. The molecule has 0 spiro atoms. The van der Waals surface area contributed by atoms with Crippen LogP contribution in [0.4, 0.5) is 0 Å². The first-order valence-corrected chi connectivity index (χ1v) is 13.2. The zero-order valence-corrected chi connectivity index (χ0v) is 25.0. The zero-order valence-electron chi connectivity index (χ0n) is 25.0. The van der Waals surface area contributed by atoms with Crippen LogP contribution in [0.5, 0.6) is 34.5 Å². The Morgan fingerprint density at radius 1 is 0.409 bits per heavy atom. The average molecular weight is 599 g/mol. The van der Waals surface area contributed by atoms with Gasteiger partial charge in [0.2, 0.25) is 23.1 Å². The van der Waals surface area contributed by atoms with Crippen LogP contribution in [-0.2, 0) is 0 Å². The van der Waals surface area contributed by atoms with Gasteiger partial charge in [-0.2, -0.15) is 0 Å². The largest absolute Gasteiger partial charge is 0.497 e. The minimum Gasteiger partial charge on any atom is -0.497 e. The number of hydrogen-bond acceptors (Lipinski definition) is 10. The maximum absolute atomic E-state index is 13.9. The lowest BCUT2D eigenvalue weighted by molar-refractivity contribution is 0.0816. The number of carbonyl (C=O) groups is 4. The van der Waals surface area contributed by atoms with Crippen molar-refractivity contribution < 1.29 is 47.6 Å². The molecule has 0 aliphatic carbocycles. The van der Waals surface area contributed by atoms with Crippen LogP contribution in [0.15, 0.2) is 72.8 Å². The third-order valence-corrected chi connectivity index (χ3v) is 6.90. The Labute approximate surface area is 254 Å². The van der Waals surface area contributed by atoms with E-state index in [-0.39, 0.29) is 56.4 Å². The van der Waals surface area contributed by atoms with Crippen molar-refractivity contribution in [2.45, 2.75) is 0 Å². The van der Waals surface area contributed by atoms with Crippen LogP contribution in [0, 0.1) is 0 Å². The van der Waals surface area contributed by atoms with Gasteiger partial charge in [0.05, 0.1) is 42.7 Å². The van der Waals surface area contributed by atoms with Crippen LogP contribution in [0.3, 0.4) is 0 Å². The van der Waals surface area contributed by atoms with E-state index in [1.54, 1.807) is 24.3 Å². The molecule has 0 aliphatic heterocycles. The Morgan fingerprint density at radius 3 is 1.07 bits per heavy atom. The number of rotatable bonds is 13. The molecule has 0 fully saturated rings. The molecule has 0 bridgehead atoms. The highest BCUT2D eigenvalue weighted by atomic mass is 16.5. The standard InChI is InChI=1S/C34H30O10/c1-39-21-11-7-9-19(13-21)31(35)33(37)25-17-29(43-5)27(41-3)15-23(25)24-16-28(42-4)30(44-6)18-26(24)34(38)32(36)20-10-8-12-22(14-20)40-2/h7-18H,1-6H3. The van der Waals surface area contributed by atoms with Crippen LogP contribution < -0.4 is 28.4 Å². The molecule has 0 saturated carbocycles. The number of carbonyl (C=O) groups excluding carboxylic acids is 4. The Bertz CT molecular complexity index is 1630. The van der Waals surface area contributed by atoms with Crippen molar-refractivity contribution in [1.29, 1.82) is 0 Å². The highest BCUT2D eigenvalue weighted by Crippen LogP contribution is 2.42. The summed E-state index contributed by atoms with van der Waals surface area (Å²) in [5.74, 6) is -1.95. The molecular formula is C34H30O10. The second-order valence-electron chi connectivity index (χ2n) is 9.29.